The molecule has 0 aliphatic carbocycles. The molecule has 28 heavy (non-hydrogen) atoms. The molecule has 0 spiro atoms. The Morgan fingerprint density at radius 2 is 2.04 bits per heavy atom. The Labute approximate surface area is 170 Å². The number of rotatable bonds is 7. The van der Waals surface area contributed by atoms with Crippen molar-refractivity contribution in [3.63, 3.8) is 0 Å². The molecule has 7 nitrogen and oxygen atoms in total. The van der Waals surface area contributed by atoms with Gasteiger partial charge in [0.25, 0.3) is 0 Å². The molecule has 0 unspecified atom stereocenters. The first-order chi connectivity index (χ1) is 13.6. The van der Waals surface area contributed by atoms with Gasteiger partial charge in [-0.25, -0.2) is 9.98 Å². The highest BCUT2D eigenvalue weighted by molar-refractivity contribution is 7.16. The molecule has 0 bridgehead atoms. The van der Waals surface area contributed by atoms with Crippen LogP contribution in [0.5, 0.6) is 0 Å². The molecule has 1 aliphatic rings. The lowest BCUT2D eigenvalue weighted by molar-refractivity contribution is 0.589. The number of anilines is 3. The van der Waals surface area contributed by atoms with Gasteiger partial charge in [0.05, 0.1) is 16.3 Å². The highest BCUT2D eigenvalue weighted by Crippen LogP contribution is 2.26. The standard InChI is InChI=1S/C20H27N7S/c1-14-19(28-20(22-3)25-14)18(21)8-9-24-15(2)26-16-4-6-17(7-5-16)27-12-10-23-11-13-27/h4-9,23,26H,2,10-13,21H2,1,3H3,(H,22,25)/b18-8-,24-9-. The lowest BCUT2D eigenvalue weighted by Gasteiger charge is -2.29. The predicted molar refractivity (Wildman–Crippen MR) is 121 cm³/mol. The topological polar surface area (TPSA) is 90.6 Å². The molecule has 1 aromatic heterocycles. The Balaban J connectivity index is 1.56. The molecule has 2 heterocycles. The molecule has 1 aliphatic heterocycles. The van der Waals surface area contributed by atoms with Gasteiger partial charge in [-0.3, -0.25) is 0 Å². The highest BCUT2D eigenvalue weighted by atomic mass is 32.1. The van der Waals surface area contributed by atoms with E-state index in [1.165, 1.54) is 17.0 Å². The maximum absolute atomic E-state index is 6.14. The van der Waals surface area contributed by atoms with E-state index >= 15 is 0 Å². The average Bonchev–Trinajstić information content (AvgIpc) is 3.10. The van der Waals surface area contributed by atoms with Crippen molar-refractivity contribution in [3.8, 4) is 0 Å². The van der Waals surface area contributed by atoms with Crippen molar-refractivity contribution in [2.45, 2.75) is 6.92 Å². The molecular formula is C20H27N7S. The molecule has 8 heteroatoms. The molecule has 2 aromatic rings. The van der Waals surface area contributed by atoms with E-state index in [0.29, 0.717) is 11.5 Å². The summed E-state index contributed by atoms with van der Waals surface area (Å²) in [6.45, 7) is 10.0. The number of piperazine rings is 1. The summed E-state index contributed by atoms with van der Waals surface area (Å²) in [4.78, 5) is 12.0. The summed E-state index contributed by atoms with van der Waals surface area (Å²) in [5, 5.41) is 10.4. The van der Waals surface area contributed by atoms with E-state index in [4.69, 9.17) is 5.73 Å². The summed E-state index contributed by atoms with van der Waals surface area (Å²) >= 11 is 1.52. The number of nitrogens with one attached hydrogen (secondary N) is 3. The molecule has 1 fully saturated rings. The number of nitrogens with zero attached hydrogens (tertiary/aromatic N) is 3. The van der Waals surface area contributed by atoms with Gasteiger partial charge in [0, 0.05) is 50.8 Å². The van der Waals surface area contributed by atoms with Gasteiger partial charge in [0.1, 0.15) is 5.82 Å². The van der Waals surface area contributed by atoms with Crippen LogP contribution in [0, 0.1) is 6.92 Å². The van der Waals surface area contributed by atoms with Crippen molar-refractivity contribution >= 4 is 39.8 Å². The molecule has 0 saturated carbocycles. The van der Waals surface area contributed by atoms with E-state index in [1.54, 1.807) is 12.3 Å². The Kier molecular flexibility index (Phi) is 6.67. The fourth-order valence-electron chi connectivity index (χ4n) is 2.93. The minimum Gasteiger partial charge on any atom is -0.397 e. The van der Waals surface area contributed by atoms with Crippen LogP contribution in [-0.2, 0) is 0 Å². The molecule has 5 N–H and O–H groups in total. The van der Waals surface area contributed by atoms with Gasteiger partial charge in [-0.15, -0.1) is 0 Å². The van der Waals surface area contributed by atoms with Gasteiger partial charge in [-0.2, -0.15) is 0 Å². The van der Waals surface area contributed by atoms with Gasteiger partial charge < -0.3 is 26.6 Å². The van der Waals surface area contributed by atoms with Crippen LogP contribution >= 0.6 is 11.3 Å². The second-order valence-electron chi connectivity index (χ2n) is 6.44. The van der Waals surface area contributed by atoms with Crippen LogP contribution in [0.3, 0.4) is 0 Å². The SMILES string of the molecule is C=C(/N=C\C=C(/N)c1sc(NC)nc1C)Nc1ccc(N2CCNCC2)cc1. The fraction of sp³-hybridized carbons (Fsp3) is 0.300. The quantitative estimate of drug-likeness (QED) is 0.537. The lowest BCUT2D eigenvalue weighted by Crippen LogP contribution is -2.43. The number of aromatic nitrogens is 1. The summed E-state index contributed by atoms with van der Waals surface area (Å²) in [6.07, 6.45) is 3.41. The van der Waals surface area contributed by atoms with E-state index in [9.17, 15) is 0 Å². The number of allylic oxidation sites excluding steroid dienone is 1. The van der Waals surface area contributed by atoms with E-state index in [-0.39, 0.29) is 0 Å². The summed E-state index contributed by atoms with van der Waals surface area (Å²) in [7, 11) is 1.84. The third kappa shape index (κ3) is 5.11. The molecule has 1 saturated heterocycles. The Morgan fingerprint density at radius 3 is 2.68 bits per heavy atom. The van der Waals surface area contributed by atoms with Gasteiger partial charge in [0.15, 0.2) is 5.13 Å². The first-order valence-corrected chi connectivity index (χ1v) is 10.1. The third-order valence-electron chi connectivity index (χ3n) is 4.40. The summed E-state index contributed by atoms with van der Waals surface area (Å²) in [6, 6.07) is 8.33. The highest BCUT2D eigenvalue weighted by Gasteiger charge is 2.10. The second kappa shape index (κ2) is 9.38. The minimum atomic E-state index is 0.552. The third-order valence-corrected chi connectivity index (χ3v) is 5.62. The molecule has 148 valence electrons. The number of nitrogens with two attached hydrogens (primary N) is 1. The van der Waals surface area contributed by atoms with Gasteiger partial charge in [-0.1, -0.05) is 17.9 Å². The van der Waals surface area contributed by atoms with Crippen molar-refractivity contribution in [2.75, 3.05) is 48.8 Å². The van der Waals surface area contributed by atoms with Gasteiger partial charge >= 0.3 is 0 Å². The largest absolute Gasteiger partial charge is 0.397 e. The van der Waals surface area contributed by atoms with Crippen molar-refractivity contribution in [1.29, 1.82) is 0 Å². The van der Waals surface area contributed by atoms with Crippen molar-refractivity contribution in [1.82, 2.24) is 10.3 Å². The number of thiazole rings is 1. The van der Waals surface area contributed by atoms with Crippen LogP contribution in [0.4, 0.5) is 16.5 Å². The molecular weight excluding hydrogens is 370 g/mol. The molecule has 0 radical (unpaired) electrons. The van der Waals surface area contributed by atoms with Crippen molar-refractivity contribution in [3.05, 3.63) is 53.3 Å². The Hall–Kier alpha value is -2.84. The number of hydrogen-bond acceptors (Lipinski definition) is 8. The van der Waals surface area contributed by atoms with E-state index in [2.05, 4.69) is 49.5 Å². The zero-order valence-electron chi connectivity index (χ0n) is 16.3. The normalized spacial score (nSPS) is 15.1. The molecule has 3 rings (SSSR count). The summed E-state index contributed by atoms with van der Waals surface area (Å²) in [5.41, 5.74) is 9.86. The average molecular weight is 398 g/mol. The number of hydrogen-bond donors (Lipinski definition) is 4. The van der Waals surface area contributed by atoms with Crippen LogP contribution in [-0.4, -0.2) is 44.4 Å². The smallest absolute Gasteiger partial charge is 0.183 e. The van der Waals surface area contributed by atoms with E-state index in [1.807, 2.05) is 26.1 Å². The fourth-order valence-corrected chi connectivity index (χ4v) is 3.79. The number of aliphatic imine (C=N–C) groups is 1. The lowest BCUT2D eigenvalue weighted by atomic mass is 10.2. The first kappa shape index (κ1) is 19.9. The monoisotopic (exact) mass is 397 g/mol. The Morgan fingerprint density at radius 1 is 1.32 bits per heavy atom. The van der Waals surface area contributed by atoms with Crippen LogP contribution in [0.2, 0.25) is 0 Å². The molecule has 0 atom stereocenters. The van der Waals surface area contributed by atoms with Gasteiger partial charge in [0.2, 0.25) is 0 Å². The van der Waals surface area contributed by atoms with E-state index in [0.717, 1.165) is 47.6 Å². The molecule has 0 amide bonds. The summed E-state index contributed by atoms with van der Waals surface area (Å²) < 4.78 is 0. The van der Waals surface area contributed by atoms with Crippen LogP contribution < -0.4 is 26.6 Å². The van der Waals surface area contributed by atoms with Crippen molar-refractivity contribution < 1.29 is 0 Å². The second-order valence-corrected chi connectivity index (χ2v) is 7.44. The predicted octanol–water partition coefficient (Wildman–Crippen LogP) is 2.86. The van der Waals surface area contributed by atoms with Crippen LogP contribution in [0.1, 0.15) is 10.6 Å². The summed E-state index contributed by atoms with van der Waals surface area (Å²) in [5.74, 6) is 0.552. The minimum absolute atomic E-state index is 0.552. The zero-order valence-corrected chi connectivity index (χ0v) is 17.1. The maximum atomic E-state index is 6.14. The Bertz CT molecular complexity index is 861. The van der Waals surface area contributed by atoms with E-state index < -0.39 is 0 Å². The number of aryl methyl sites for hydroxylation is 1. The van der Waals surface area contributed by atoms with Gasteiger partial charge in [-0.05, 0) is 37.3 Å². The number of benzene rings is 1. The van der Waals surface area contributed by atoms with Crippen LogP contribution in [0.25, 0.3) is 5.70 Å². The molecule has 1 aromatic carbocycles. The van der Waals surface area contributed by atoms with Crippen LogP contribution in [0.15, 0.2) is 47.7 Å². The van der Waals surface area contributed by atoms with Crippen molar-refractivity contribution in [2.24, 2.45) is 10.7 Å². The maximum Gasteiger partial charge on any atom is 0.183 e. The first-order valence-electron chi connectivity index (χ1n) is 9.24. The zero-order chi connectivity index (χ0) is 19.9.